The molecule has 0 saturated heterocycles. The van der Waals surface area contributed by atoms with Gasteiger partial charge < -0.3 is 0 Å². The van der Waals surface area contributed by atoms with Crippen LogP contribution in [0.4, 0.5) is 0 Å². The number of carbonyl (C=O) groups excluding carboxylic acids is 2. The molecule has 0 aliphatic rings. The van der Waals surface area contributed by atoms with E-state index in [-0.39, 0.29) is 0 Å². The molecule has 1 rings (SSSR count). The molecule has 0 amide bonds. The lowest BCUT2D eigenvalue weighted by atomic mass is 10.2. The zero-order valence-corrected chi connectivity index (χ0v) is 5.99. The lowest BCUT2D eigenvalue weighted by molar-refractivity contribution is 0.112. The SMILES string of the molecule is C=C=O.O=Cc1ccccc1. The van der Waals surface area contributed by atoms with Gasteiger partial charge in [0, 0.05) is 5.56 Å². The van der Waals surface area contributed by atoms with E-state index in [1.807, 2.05) is 18.2 Å². The molecule has 0 heterocycles. The van der Waals surface area contributed by atoms with Crippen molar-refractivity contribution in [1.29, 1.82) is 0 Å². The molecule has 0 unspecified atom stereocenters. The van der Waals surface area contributed by atoms with Crippen LogP contribution in [0.15, 0.2) is 36.9 Å². The van der Waals surface area contributed by atoms with Crippen LogP contribution in [0.1, 0.15) is 10.4 Å². The van der Waals surface area contributed by atoms with Crippen LogP contribution in [0.5, 0.6) is 0 Å². The Labute approximate surface area is 65.2 Å². The van der Waals surface area contributed by atoms with Crippen molar-refractivity contribution in [3.8, 4) is 0 Å². The molecule has 0 aliphatic carbocycles. The summed E-state index contributed by atoms with van der Waals surface area (Å²) in [6.45, 7) is 2.68. The van der Waals surface area contributed by atoms with E-state index in [0.717, 1.165) is 11.8 Å². The molecule has 0 spiro atoms. The smallest absolute Gasteiger partial charge is 0.150 e. The lowest BCUT2D eigenvalue weighted by Crippen LogP contribution is -1.73. The van der Waals surface area contributed by atoms with Crippen LogP contribution in [0.25, 0.3) is 0 Å². The molecule has 0 aromatic heterocycles. The highest BCUT2D eigenvalue weighted by Crippen LogP contribution is 1.91. The van der Waals surface area contributed by atoms with E-state index in [4.69, 9.17) is 4.79 Å². The molecule has 0 radical (unpaired) electrons. The van der Waals surface area contributed by atoms with Gasteiger partial charge in [-0.15, -0.1) is 0 Å². The monoisotopic (exact) mass is 148 g/mol. The summed E-state index contributed by atoms with van der Waals surface area (Å²) >= 11 is 0. The predicted octanol–water partition coefficient (Wildman–Crippen LogP) is 1.50. The summed E-state index contributed by atoms with van der Waals surface area (Å²) in [7, 11) is 0. The van der Waals surface area contributed by atoms with Gasteiger partial charge in [0.15, 0.2) is 0 Å². The van der Waals surface area contributed by atoms with Crippen molar-refractivity contribution in [2.24, 2.45) is 0 Å². The fraction of sp³-hybridized carbons (Fsp3) is 0. The fourth-order valence-corrected chi connectivity index (χ4v) is 0.532. The minimum atomic E-state index is 0.729. The van der Waals surface area contributed by atoms with Crippen molar-refractivity contribution in [2.75, 3.05) is 0 Å². The van der Waals surface area contributed by atoms with Gasteiger partial charge in [-0.1, -0.05) is 30.3 Å². The molecule has 0 saturated carbocycles. The molecule has 1 aromatic carbocycles. The summed E-state index contributed by atoms with van der Waals surface area (Å²) in [6, 6.07) is 9.10. The van der Waals surface area contributed by atoms with Crippen LogP contribution in [0, 0.1) is 0 Å². The second-order valence-corrected chi connectivity index (χ2v) is 1.67. The molecule has 0 aliphatic heterocycles. The molecular formula is C9H8O2. The standard InChI is InChI=1S/C7H6O.C2H2O/c8-6-7-4-2-1-3-5-7;1-2-3/h1-6H;1H2. The second-order valence-electron chi connectivity index (χ2n) is 1.67. The van der Waals surface area contributed by atoms with Gasteiger partial charge in [-0.2, -0.15) is 0 Å². The third-order valence-corrected chi connectivity index (χ3v) is 0.936. The molecule has 0 fully saturated rings. The third-order valence-electron chi connectivity index (χ3n) is 0.936. The first-order valence-corrected chi connectivity index (χ1v) is 2.99. The maximum Gasteiger partial charge on any atom is 0.150 e. The van der Waals surface area contributed by atoms with Crippen molar-refractivity contribution >= 4 is 12.2 Å². The van der Waals surface area contributed by atoms with E-state index in [1.165, 1.54) is 5.94 Å². The molecule has 0 N–H and O–H groups in total. The fourth-order valence-electron chi connectivity index (χ4n) is 0.532. The maximum absolute atomic E-state index is 10.0. The largest absolute Gasteiger partial charge is 0.298 e. The summed E-state index contributed by atoms with van der Waals surface area (Å²) in [5, 5.41) is 0. The van der Waals surface area contributed by atoms with Crippen LogP contribution in [0.3, 0.4) is 0 Å². The third kappa shape index (κ3) is 4.82. The van der Waals surface area contributed by atoms with Gasteiger partial charge in [0.25, 0.3) is 0 Å². The molecule has 11 heavy (non-hydrogen) atoms. The second kappa shape index (κ2) is 6.46. The summed E-state index contributed by atoms with van der Waals surface area (Å²) in [4.78, 5) is 18.6. The highest BCUT2D eigenvalue weighted by atomic mass is 16.1. The Bertz CT molecular complexity index is 233. The van der Waals surface area contributed by atoms with Gasteiger partial charge in [0.2, 0.25) is 0 Å². The number of rotatable bonds is 1. The van der Waals surface area contributed by atoms with E-state index in [2.05, 4.69) is 6.58 Å². The van der Waals surface area contributed by atoms with Crippen LogP contribution in [0.2, 0.25) is 0 Å². The summed E-state index contributed by atoms with van der Waals surface area (Å²) in [5.41, 5.74) is 0.729. The van der Waals surface area contributed by atoms with Gasteiger partial charge in [0.1, 0.15) is 12.2 Å². The van der Waals surface area contributed by atoms with E-state index in [0.29, 0.717) is 0 Å². The van der Waals surface area contributed by atoms with E-state index in [1.54, 1.807) is 12.1 Å². The Morgan fingerprint density at radius 2 is 1.73 bits per heavy atom. The Balaban J connectivity index is 0.000000292. The Kier molecular flexibility index (Phi) is 5.49. The first kappa shape index (κ1) is 9.34. The first-order valence-electron chi connectivity index (χ1n) is 2.99. The average Bonchev–Trinajstić information content (AvgIpc) is 2.08. The Morgan fingerprint density at radius 1 is 1.27 bits per heavy atom. The van der Waals surface area contributed by atoms with Crippen molar-refractivity contribution in [3.05, 3.63) is 42.5 Å². The van der Waals surface area contributed by atoms with Gasteiger partial charge in [-0.3, -0.25) is 4.79 Å². The Morgan fingerprint density at radius 3 is 2.00 bits per heavy atom. The quantitative estimate of drug-likeness (QED) is 0.446. The van der Waals surface area contributed by atoms with Gasteiger partial charge in [-0.05, 0) is 6.58 Å². The van der Waals surface area contributed by atoms with Gasteiger partial charge in [-0.25, -0.2) is 4.79 Å². The summed E-state index contributed by atoms with van der Waals surface area (Å²) in [6.07, 6.45) is 0.833. The van der Waals surface area contributed by atoms with E-state index >= 15 is 0 Å². The van der Waals surface area contributed by atoms with Crippen molar-refractivity contribution < 1.29 is 9.59 Å². The molecule has 0 bridgehead atoms. The highest BCUT2D eigenvalue weighted by Gasteiger charge is 1.79. The van der Waals surface area contributed by atoms with E-state index < -0.39 is 0 Å². The molecule has 1 aromatic rings. The van der Waals surface area contributed by atoms with Crippen LogP contribution in [-0.4, -0.2) is 12.2 Å². The number of carbonyl (C=O) groups is 1. The van der Waals surface area contributed by atoms with Gasteiger partial charge in [0.05, 0.1) is 0 Å². The zero-order valence-electron chi connectivity index (χ0n) is 5.99. The minimum Gasteiger partial charge on any atom is -0.298 e. The Hall–Kier alpha value is -1.66. The maximum atomic E-state index is 10.0. The molecule has 0 atom stereocenters. The van der Waals surface area contributed by atoms with Crippen LogP contribution >= 0.6 is 0 Å². The number of hydrogen-bond acceptors (Lipinski definition) is 2. The summed E-state index contributed by atoms with van der Waals surface area (Å²) < 4.78 is 0. The normalized spacial score (nSPS) is 6.91. The lowest BCUT2D eigenvalue weighted by Gasteiger charge is -1.81. The minimum absolute atomic E-state index is 0.729. The van der Waals surface area contributed by atoms with E-state index in [9.17, 15) is 4.79 Å². The highest BCUT2D eigenvalue weighted by molar-refractivity contribution is 5.74. The molecule has 56 valence electrons. The summed E-state index contributed by atoms with van der Waals surface area (Å²) in [5.74, 6) is 1.25. The zero-order chi connectivity index (χ0) is 8.53. The first-order chi connectivity index (χ1) is 5.35. The number of hydrogen-bond donors (Lipinski definition) is 0. The average molecular weight is 148 g/mol. The van der Waals surface area contributed by atoms with Crippen molar-refractivity contribution in [2.45, 2.75) is 0 Å². The van der Waals surface area contributed by atoms with Crippen LogP contribution in [-0.2, 0) is 4.79 Å². The topological polar surface area (TPSA) is 34.1 Å². The van der Waals surface area contributed by atoms with Crippen molar-refractivity contribution in [1.82, 2.24) is 0 Å². The molecule has 2 heteroatoms. The van der Waals surface area contributed by atoms with Crippen molar-refractivity contribution in [3.63, 3.8) is 0 Å². The van der Waals surface area contributed by atoms with Crippen LogP contribution < -0.4 is 0 Å². The molecule has 2 nitrogen and oxygen atoms in total. The predicted molar refractivity (Wildman–Crippen MR) is 43.2 cm³/mol. The molecular weight excluding hydrogens is 140 g/mol. The van der Waals surface area contributed by atoms with Gasteiger partial charge >= 0.3 is 0 Å². The number of aldehydes is 1. The number of benzene rings is 1.